The van der Waals surface area contributed by atoms with E-state index in [9.17, 15) is 4.39 Å². The minimum absolute atomic E-state index is 0.301. The van der Waals surface area contributed by atoms with Crippen LogP contribution in [0.25, 0.3) is 22.5 Å². The van der Waals surface area contributed by atoms with Crippen LogP contribution in [0.3, 0.4) is 0 Å². The molecule has 0 amide bonds. The van der Waals surface area contributed by atoms with Crippen LogP contribution in [-0.4, -0.2) is 26.3 Å². The van der Waals surface area contributed by atoms with E-state index in [0.717, 1.165) is 29.2 Å². The van der Waals surface area contributed by atoms with E-state index in [2.05, 4.69) is 20.5 Å². The van der Waals surface area contributed by atoms with Gasteiger partial charge in [0.25, 0.3) is 0 Å². The zero-order chi connectivity index (χ0) is 16.4. The quantitative estimate of drug-likeness (QED) is 0.802. The summed E-state index contributed by atoms with van der Waals surface area (Å²) < 4.78 is 15.6. The Kier molecular flexibility index (Phi) is 4.06. The number of hydrogen-bond donors (Lipinski definition) is 1. The molecule has 0 atom stereocenters. The molecule has 0 aliphatic carbocycles. The number of nitrogens with zero attached hydrogens (tertiary/aromatic N) is 4. The highest BCUT2D eigenvalue weighted by molar-refractivity contribution is 5.81. The van der Waals surface area contributed by atoms with Gasteiger partial charge in [-0.3, -0.25) is 0 Å². The number of nitrogens with one attached hydrogen (secondary N) is 1. The molecule has 0 saturated heterocycles. The van der Waals surface area contributed by atoms with Crippen molar-refractivity contribution in [3.8, 4) is 22.5 Å². The van der Waals surface area contributed by atoms with Crippen LogP contribution in [0.4, 0.5) is 10.2 Å². The molecule has 3 aromatic rings. The SMILES string of the molecule is CCNc1cc(-c2ccc(F)cc2-c2nncn2C)cc(C)n1. The molecule has 2 aromatic heterocycles. The van der Waals surface area contributed by atoms with Gasteiger partial charge in [-0.05, 0) is 49.2 Å². The monoisotopic (exact) mass is 311 g/mol. The summed E-state index contributed by atoms with van der Waals surface area (Å²) in [6.07, 6.45) is 1.60. The molecule has 1 N–H and O–H groups in total. The number of anilines is 1. The van der Waals surface area contributed by atoms with Gasteiger partial charge in [0, 0.05) is 24.8 Å². The molecule has 3 rings (SSSR count). The average Bonchev–Trinajstić information content (AvgIpc) is 2.93. The maximum atomic E-state index is 13.8. The van der Waals surface area contributed by atoms with Crippen LogP contribution in [0.2, 0.25) is 0 Å². The predicted octanol–water partition coefficient (Wildman–Crippen LogP) is 3.42. The van der Waals surface area contributed by atoms with Crippen molar-refractivity contribution < 1.29 is 4.39 Å². The summed E-state index contributed by atoms with van der Waals surface area (Å²) in [6, 6.07) is 8.65. The van der Waals surface area contributed by atoms with E-state index in [1.54, 1.807) is 17.0 Å². The first-order valence-corrected chi connectivity index (χ1v) is 7.45. The fourth-order valence-electron chi connectivity index (χ4n) is 2.58. The van der Waals surface area contributed by atoms with Crippen molar-refractivity contribution in [3.05, 3.63) is 48.2 Å². The highest BCUT2D eigenvalue weighted by Crippen LogP contribution is 2.32. The van der Waals surface area contributed by atoms with E-state index in [0.29, 0.717) is 11.4 Å². The smallest absolute Gasteiger partial charge is 0.164 e. The molecule has 0 saturated carbocycles. The number of aromatic nitrogens is 4. The second kappa shape index (κ2) is 6.16. The van der Waals surface area contributed by atoms with Crippen LogP contribution in [0.1, 0.15) is 12.6 Å². The molecular formula is C17H18FN5. The van der Waals surface area contributed by atoms with Crippen molar-refractivity contribution in [1.29, 1.82) is 0 Å². The zero-order valence-electron chi connectivity index (χ0n) is 13.3. The highest BCUT2D eigenvalue weighted by atomic mass is 19.1. The number of aryl methyl sites for hydroxylation is 2. The molecule has 0 unspecified atom stereocenters. The first-order valence-electron chi connectivity index (χ1n) is 7.45. The Labute approximate surface area is 134 Å². The van der Waals surface area contributed by atoms with Gasteiger partial charge in [0.1, 0.15) is 18.0 Å². The normalized spacial score (nSPS) is 10.8. The van der Waals surface area contributed by atoms with Gasteiger partial charge >= 0.3 is 0 Å². The standard InChI is InChI=1S/C17H18FN5/c1-4-19-16-8-12(7-11(2)21-16)14-6-5-13(18)9-15(14)17-22-20-10-23(17)3/h5-10H,4H2,1-3H3,(H,19,21). The van der Waals surface area contributed by atoms with Crippen LogP contribution in [0, 0.1) is 12.7 Å². The van der Waals surface area contributed by atoms with Crippen molar-refractivity contribution in [2.24, 2.45) is 7.05 Å². The molecule has 118 valence electrons. The number of hydrogen-bond acceptors (Lipinski definition) is 4. The minimum Gasteiger partial charge on any atom is -0.370 e. The summed E-state index contributed by atoms with van der Waals surface area (Å²) in [5, 5.41) is 11.2. The molecule has 0 spiro atoms. The highest BCUT2D eigenvalue weighted by Gasteiger charge is 2.14. The minimum atomic E-state index is -0.301. The Morgan fingerprint density at radius 1 is 1.17 bits per heavy atom. The van der Waals surface area contributed by atoms with Gasteiger partial charge in [-0.15, -0.1) is 10.2 Å². The van der Waals surface area contributed by atoms with E-state index >= 15 is 0 Å². The lowest BCUT2D eigenvalue weighted by Gasteiger charge is -2.12. The van der Waals surface area contributed by atoms with Gasteiger partial charge in [0.05, 0.1) is 0 Å². The molecule has 0 bridgehead atoms. The summed E-state index contributed by atoms with van der Waals surface area (Å²) in [7, 11) is 1.84. The first kappa shape index (κ1) is 15.1. The van der Waals surface area contributed by atoms with Crippen LogP contribution in [0.15, 0.2) is 36.7 Å². The van der Waals surface area contributed by atoms with Crippen LogP contribution in [-0.2, 0) is 7.05 Å². The third kappa shape index (κ3) is 3.06. The Morgan fingerprint density at radius 2 is 2.00 bits per heavy atom. The maximum absolute atomic E-state index is 13.8. The second-order valence-electron chi connectivity index (χ2n) is 5.37. The van der Waals surface area contributed by atoms with Crippen molar-refractivity contribution in [2.75, 3.05) is 11.9 Å². The molecule has 1 aromatic carbocycles. The van der Waals surface area contributed by atoms with E-state index in [4.69, 9.17) is 0 Å². The Morgan fingerprint density at radius 3 is 2.70 bits per heavy atom. The van der Waals surface area contributed by atoms with E-state index in [1.165, 1.54) is 12.1 Å². The Balaban J connectivity index is 2.19. The molecular weight excluding hydrogens is 293 g/mol. The summed E-state index contributed by atoms with van der Waals surface area (Å²) >= 11 is 0. The second-order valence-corrected chi connectivity index (χ2v) is 5.37. The fraction of sp³-hybridized carbons (Fsp3) is 0.235. The van der Waals surface area contributed by atoms with Crippen molar-refractivity contribution in [2.45, 2.75) is 13.8 Å². The third-order valence-electron chi connectivity index (χ3n) is 3.56. The molecule has 0 aliphatic rings. The van der Waals surface area contributed by atoms with Gasteiger partial charge in [0.15, 0.2) is 5.82 Å². The summed E-state index contributed by atoms with van der Waals surface area (Å²) in [5.41, 5.74) is 3.46. The molecule has 23 heavy (non-hydrogen) atoms. The Hall–Kier alpha value is -2.76. The van der Waals surface area contributed by atoms with Crippen molar-refractivity contribution in [3.63, 3.8) is 0 Å². The van der Waals surface area contributed by atoms with Crippen molar-refractivity contribution in [1.82, 2.24) is 19.7 Å². The zero-order valence-corrected chi connectivity index (χ0v) is 13.3. The molecule has 5 nitrogen and oxygen atoms in total. The lowest BCUT2D eigenvalue weighted by Crippen LogP contribution is -2.01. The number of rotatable bonds is 4. The molecule has 6 heteroatoms. The maximum Gasteiger partial charge on any atom is 0.164 e. The van der Waals surface area contributed by atoms with Gasteiger partial charge in [-0.2, -0.15) is 0 Å². The third-order valence-corrected chi connectivity index (χ3v) is 3.56. The van der Waals surface area contributed by atoms with Crippen LogP contribution >= 0.6 is 0 Å². The lowest BCUT2D eigenvalue weighted by molar-refractivity contribution is 0.628. The van der Waals surface area contributed by atoms with Crippen LogP contribution < -0.4 is 5.32 Å². The lowest BCUT2D eigenvalue weighted by atomic mass is 9.99. The summed E-state index contributed by atoms with van der Waals surface area (Å²) in [4.78, 5) is 4.46. The largest absolute Gasteiger partial charge is 0.370 e. The number of halogens is 1. The van der Waals surface area contributed by atoms with E-state index < -0.39 is 0 Å². The topological polar surface area (TPSA) is 55.6 Å². The number of pyridine rings is 1. The van der Waals surface area contributed by atoms with E-state index in [-0.39, 0.29) is 5.82 Å². The van der Waals surface area contributed by atoms with Gasteiger partial charge in [-0.1, -0.05) is 6.07 Å². The average molecular weight is 311 g/mol. The summed E-state index contributed by atoms with van der Waals surface area (Å²) in [5.74, 6) is 1.12. The van der Waals surface area contributed by atoms with Crippen LogP contribution in [0.5, 0.6) is 0 Å². The fourth-order valence-corrected chi connectivity index (χ4v) is 2.58. The summed E-state index contributed by atoms with van der Waals surface area (Å²) in [6.45, 7) is 4.75. The van der Waals surface area contributed by atoms with Gasteiger partial charge in [-0.25, -0.2) is 9.37 Å². The molecule has 0 fully saturated rings. The van der Waals surface area contributed by atoms with E-state index in [1.807, 2.05) is 33.0 Å². The van der Waals surface area contributed by atoms with Gasteiger partial charge < -0.3 is 9.88 Å². The molecule has 0 aliphatic heterocycles. The number of benzene rings is 1. The van der Waals surface area contributed by atoms with Crippen molar-refractivity contribution >= 4 is 5.82 Å². The predicted molar refractivity (Wildman–Crippen MR) is 88.5 cm³/mol. The Bertz CT molecular complexity index is 841. The molecule has 0 radical (unpaired) electrons. The van der Waals surface area contributed by atoms with Gasteiger partial charge in [0.2, 0.25) is 0 Å². The first-order chi connectivity index (χ1) is 11.1. The molecule has 2 heterocycles.